The Labute approximate surface area is 176 Å². The highest BCUT2D eigenvalue weighted by atomic mass is 19.4. The maximum Gasteiger partial charge on any atom is 0.416 e. The second-order valence-electron chi connectivity index (χ2n) is 7.46. The molecule has 2 unspecified atom stereocenters. The fraction of sp³-hybridized carbons (Fsp3) is 0.227. The highest BCUT2D eigenvalue weighted by Crippen LogP contribution is 2.47. The summed E-state index contributed by atoms with van der Waals surface area (Å²) in [6, 6.07) is 10.8. The van der Waals surface area contributed by atoms with Crippen LogP contribution >= 0.6 is 0 Å². The van der Waals surface area contributed by atoms with Crippen LogP contribution in [0.3, 0.4) is 0 Å². The number of para-hydroxylation sites is 1. The Balaban J connectivity index is 1.46. The van der Waals surface area contributed by atoms with E-state index in [0.717, 1.165) is 17.7 Å². The number of carbonyl (C=O) groups is 2. The summed E-state index contributed by atoms with van der Waals surface area (Å²) in [6.45, 7) is 0. The first-order valence-electron chi connectivity index (χ1n) is 9.59. The quantitative estimate of drug-likeness (QED) is 0.631. The van der Waals surface area contributed by atoms with Crippen molar-refractivity contribution in [1.29, 1.82) is 0 Å². The maximum atomic E-state index is 12.9. The van der Waals surface area contributed by atoms with Crippen LogP contribution in [0.4, 0.5) is 24.5 Å². The lowest BCUT2D eigenvalue weighted by Crippen LogP contribution is -2.19. The molecular weight excluding hydrogens is 409 g/mol. The highest BCUT2D eigenvalue weighted by molar-refractivity contribution is 6.10. The molecule has 0 spiro atoms. The van der Waals surface area contributed by atoms with Gasteiger partial charge < -0.3 is 10.6 Å². The topological polar surface area (TPSA) is 76.0 Å². The van der Waals surface area contributed by atoms with Crippen LogP contribution in [0.15, 0.2) is 60.9 Å². The van der Waals surface area contributed by atoms with Crippen LogP contribution in [-0.4, -0.2) is 21.6 Å². The minimum Gasteiger partial charge on any atom is -0.325 e. The molecule has 2 N–H and O–H groups in total. The van der Waals surface area contributed by atoms with Gasteiger partial charge in [0.05, 0.1) is 23.0 Å². The minimum absolute atomic E-state index is 0.0137. The van der Waals surface area contributed by atoms with Gasteiger partial charge in [0.25, 0.3) is 5.91 Å². The summed E-state index contributed by atoms with van der Waals surface area (Å²) in [5.41, 5.74) is 0.598. The maximum absolute atomic E-state index is 12.9. The number of halogens is 3. The van der Waals surface area contributed by atoms with E-state index in [2.05, 4.69) is 15.7 Å². The molecule has 0 radical (unpaired) electrons. The number of carbonyl (C=O) groups excluding carboxylic acids is 2. The molecule has 0 saturated heterocycles. The van der Waals surface area contributed by atoms with Crippen LogP contribution < -0.4 is 10.6 Å². The molecular formula is C22H19F3N4O2. The summed E-state index contributed by atoms with van der Waals surface area (Å²) in [7, 11) is 1.81. The summed E-state index contributed by atoms with van der Waals surface area (Å²) >= 11 is 0. The number of rotatable bonds is 5. The summed E-state index contributed by atoms with van der Waals surface area (Å²) in [5, 5.41) is 9.36. The fourth-order valence-corrected chi connectivity index (χ4v) is 3.47. The third-order valence-electron chi connectivity index (χ3n) is 5.16. The Hall–Kier alpha value is -3.62. The number of hydrogen-bond acceptors (Lipinski definition) is 3. The number of nitrogens with one attached hydrogen (secondary N) is 2. The molecule has 1 fully saturated rings. The Morgan fingerprint density at radius 1 is 1.10 bits per heavy atom. The number of alkyl halides is 3. The number of nitrogens with zero attached hydrogens (tertiary/aromatic N) is 2. The van der Waals surface area contributed by atoms with Gasteiger partial charge in [-0.05, 0) is 48.2 Å². The van der Waals surface area contributed by atoms with Crippen molar-refractivity contribution in [2.45, 2.75) is 18.5 Å². The fourth-order valence-electron chi connectivity index (χ4n) is 3.47. The minimum atomic E-state index is -4.51. The Morgan fingerprint density at radius 3 is 2.58 bits per heavy atom. The monoisotopic (exact) mass is 428 g/mol. The van der Waals surface area contributed by atoms with Gasteiger partial charge in [0.2, 0.25) is 5.91 Å². The van der Waals surface area contributed by atoms with E-state index in [1.165, 1.54) is 18.2 Å². The molecule has 31 heavy (non-hydrogen) atoms. The van der Waals surface area contributed by atoms with Gasteiger partial charge in [0.15, 0.2) is 0 Å². The molecule has 0 aliphatic heterocycles. The first-order chi connectivity index (χ1) is 14.7. The van der Waals surface area contributed by atoms with Crippen molar-refractivity contribution >= 4 is 23.2 Å². The van der Waals surface area contributed by atoms with Gasteiger partial charge in [-0.25, -0.2) is 0 Å². The molecule has 160 valence electrons. The molecule has 1 saturated carbocycles. The van der Waals surface area contributed by atoms with Gasteiger partial charge in [0.1, 0.15) is 0 Å². The normalized spacial score (nSPS) is 17.8. The number of benzene rings is 2. The highest BCUT2D eigenvalue weighted by Gasteiger charge is 2.44. The average molecular weight is 428 g/mol. The zero-order valence-corrected chi connectivity index (χ0v) is 16.5. The lowest BCUT2D eigenvalue weighted by molar-refractivity contribution is -0.137. The van der Waals surface area contributed by atoms with E-state index in [-0.39, 0.29) is 29.0 Å². The van der Waals surface area contributed by atoms with E-state index in [9.17, 15) is 22.8 Å². The Kier molecular flexibility index (Phi) is 5.26. The molecule has 1 heterocycles. The number of amides is 2. The third-order valence-corrected chi connectivity index (χ3v) is 5.16. The Morgan fingerprint density at radius 2 is 1.87 bits per heavy atom. The van der Waals surface area contributed by atoms with Crippen molar-refractivity contribution in [3.8, 4) is 0 Å². The number of hydrogen-bond donors (Lipinski definition) is 2. The van der Waals surface area contributed by atoms with Gasteiger partial charge in [-0.15, -0.1) is 0 Å². The smallest absolute Gasteiger partial charge is 0.325 e. The summed E-state index contributed by atoms with van der Waals surface area (Å²) in [6.07, 6.45) is -0.222. The molecule has 1 aliphatic rings. The molecule has 2 amide bonds. The summed E-state index contributed by atoms with van der Waals surface area (Å²) < 4.78 is 40.4. The van der Waals surface area contributed by atoms with E-state index >= 15 is 0 Å². The number of aryl methyl sites for hydroxylation is 1. The van der Waals surface area contributed by atoms with E-state index in [4.69, 9.17) is 0 Å². The van der Waals surface area contributed by atoms with Gasteiger partial charge in [-0.3, -0.25) is 14.3 Å². The standard InChI is InChI=1S/C22H19F3N4O2/c1-29-12-13(11-26-29)17-10-18(17)21(31)28-19-8-3-2-7-16(19)20(30)27-15-6-4-5-14(9-15)22(23,24)25/h2-9,11-12,17-18H,10H2,1H3,(H,27,30)(H,28,31). The SMILES string of the molecule is Cn1cc(C2CC2C(=O)Nc2ccccc2C(=O)Nc2cccc(C(F)(F)F)c2)cn1. The predicted octanol–water partition coefficient (Wildman–Crippen LogP) is 4.43. The first kappa shape index (κ1) is 20.6. The van der Waals surface area contributed by atoms with Crippen LogP contribution in [0.25, 0.3) is 0 Å². The third kappa shape index (κ3) is 4.60. The zero-order valence-electron chi connectivity index (χ0n) is 16.5. The van der Waals surface area contributed by atoms with E-state index in [1.54, 1.807) is 36.1 Å². The van der Waals surface area contributed by atoms with Crippen LogP contribution in [0.5, 0.6) is 0 Å². The number of anilines is 2. The lowest BCUT2D eigenvalue weighted by Gasteiger charge is -2.13. The molecule has 3 aromatic rings. The molecule has 4 rings (SSSR count). The van der Waals surface area contributed by atoms with Crippen LogP contribution in [0.1, 0.15) is 33.8 Å². The van der Waals surface area contributed by atoms with Gasteiger partial charge >= 0.3 is 6.18 Å². The van der Waals surface area contributed by atoms with Crippen molar-refractivity contribution in [2.24, 2.45) is 13.0 Å². The number of aromatic nitrogens is 2. The van der Waals surface area contributed by atoms with Crippen molar-refractivity contribution < 1.29 is 22.8 Å². The van der Waals surface area contributed by atoms with Gasteiger partial charge in [-0.1, -0.05) is 18.2 Å². The largest absolute Gasteiger partial charge is 0.416 e. The van der Waals surface area contributed by atoms with Crippen molar-refractivity contribution in [3.05, 3.63) is 77.6 Å². The van der Waals surface area contributed by atoms with E-state index in [1.807, 2.05) is 6.20 Å². The molecule has 1 aromatic heterocycles. The first-order valence-corrected chi connectivity index (χ1v) is 9.59. The zero-order chi connectivity index (χ0) is 22.2. The van der Waals surface area contributed by atoms with E-state index in [0.29, 0.717) is 12.1 Å². The molecule has 9 heteroatoms. The second-order valence-corrected chi connectivity index (χ2v) is 7.46. The molecule has 6 nitrogen and oxygen atoms in total. The summed E-state index contributed by atoms with van der Waals surface area (Å²) in [5.74, 6) is -0.966. The van der Waals surface area contributed by atoms with Crippen LogP contribution in [0.2, 0.25) is 0 Å². The van der Waals surface area contributed by atoms with E-state index < -0.39 is 17.6 Å². The van der Waals surface area contributed by atoms with Crippen molar-refractivity contribution in [3.63, 3.8) is 0 Å². The molecule has 0 bridgehead atoms. The Bertz CT molecular complexity index is 1140. The van der Waals surface area contributed by atoms with Crippen molar-refractivity contribution in [1.82, 2.24) is 9.78 Å². The average Bonchev–Trinajstić information content (AvgIpc) is 3.41. The molecule has 2 atom stereocenters. The van der Waals surface area contributed by atoms with Gasteiger partial charge in [-0.2, -0.15) is 18.3 Å². The van der Waals surface area contributed by atoms with Crippen molar-refractivity contribution in [2.75, 3.05) is 10.6 Å². The molecule has 2 aromatic carbocycles. The molecule has 1 aliphatic carbocycles. The predicted molar refractivity (Wildman–Crippen MR) is 109 cm³/mol. The van der Waals surface area contributed by atoms with Gasteiger partial charge in [0, 0.05) is 24.8 Å². The second kappa shape index (κ2) is 7.90. The van der Waals surface area contributed by atoms with Crippen LogP contribution in [0, 0.1) is 5.92 Å². The van der Waals surface area contributed by atoms with Crippen LogP contribution in [-0.2, 0) is 18.0 Å². The summed E-state index contributed by atoms with van der Waals surface area (Å²) in [4.78, 5) is 25.4. The lowest BCUT2D eigenvalue weighted by atomic mass is 10.1.